The number of amides is 1. The first-order valence-electron chi connectivity index (χ1n) is 11.1. The van der Waals surface area contributed by atoms with Gasteiger partial charge in [0, 0.05) is 22.4 Å². The second-order valence-corrected chi connectivity index (χ2v) is 7.94. The number of carbonyl (C=O) groups is 2. The Kier molecular flexibility index (Phi) is 7.08. The van der Waals surface area contributed by atoms with E-state index in [0.717, 1.165) is 27.8 Å². The van der Waals surface area contributed by atoms with Gasteiger partial charge in [-0.2, -0.15) is 0 Å². The first kappa shape index (κ1) is 22.9. The van der Waals surface area contributed by atoms with E-state index in [1.807, 2.05) is 66.7 Å². The number of carbonyl (C=O) groups excluding carboxylic acids is 1. The number of anilines is 1. The Labute approximate surface area is 197 Å². The molecule has 4 aromatic rings. The van der Waals surface area contributed by atoms with Crippen LogP contribution in [0, 0.1) is 0 Å². The quantitative estimate of drug-likeness (QED) is 0.201. The summed E-state index contributed by atoms with van der Waals surface area (Å²) in [5, 5.41) is 25.3. The van der Waals surface area contributed by atoms with Gasteiger partial charge in [-0.3, -0.25) is 5.32 Å². The predicted molar refractivity (Wildman–Crippen MR) is 133 cm³/mol. The van der Waals surface area contributed by atoms with Gasteiger partial charge in [0.1, 0.15) is 11.9 Å². The number of benzene rings is 4. The molecule has 0 saturated carbocycles. The largest absolute Gasteiger partial charge is 0.507 e. The Balaban J connectivity index is 1.58. The lowest BCUT2D eigenvalue weighted by molar-refractivity contribution is -0.131. The lowest BCUT2D eigenvalue weighted by Crippen LogP contribution is -2.18. The van der Waals surface area contributed by atoms with E-state index in [2.05, 4.69) is 5.32 Å². The fraction of sp³-hybridized carbons (Fsp3) is 0.143. The maximum atomic E-state index is 12.9. The lowest BCUT2D eigenvalue weighted by atomic mass is 9.96. The summed E-state index contributed by atoms with van der Waals surface area (Å²) in [4.78, 5) is 23.7. The minimum atomic E-state index is -0.994. The van der Waals surface area contributed by atoms with E-state index in [4.69, 9.17) is 9.84 Å². The summed E-state index contributed by atoms with van der Waals surface area (Å²) < 4.78 is 5.89. The van der Waals surface area contributed by atoms with E-state index < -0.39 is 18.2 Å². The molecule has 6 heteroatoms. The van der Waals surface area contributed by atoms with Crippen molar-refractivity contribution in [2.24, 2.45) is 0 Å². The van der Waals surface area contributed by atoms with Crippen LogP contribution in [0.1, 0.15) is 30.9 Å². The summed E-state index contributed by atoms with van der Waals surface area (Å²) >= 11 is 0. The lowest BCUT2D eigenvalue weighted by Gasteiger charge is -2.21. The highest BCUT2D eigenvalue weighted by atomic mass is 16.6. The average Bonchev–Trinajstić information content (AvgIpc) is 2.84. The number of rotatable bonds is 8. The SMILES string of the molecule is O=C(O)/C=C/CCC[C@H](OC(=O)Nc1cccc2ccccc12)c1ccc(O)c2ccccc12. The molecule has 0 fully saturated rings. The van der Waals surface area contributed by atoms with Gasteiger partial charge in [0.2, 0.25) is 0 Å². The maximum absolute atomic E-state index is 12.9. The van der Waals surface area contributed by atoms with E-state index in [-0.39, 0.29) is 5.75 Å². The number of phenolic OH excluding ortho intramolecular Hbond substituents is 1. The van der Waals surface area contributed by atoms with Crippen molar-refractivity contribution in [1.82, 2.24) is 0 Å². The van der Waals surface area contributed by atoms with Crippen molar-refractivity contribution in [3.05, 3.63) is 96.6 Å². The van der Waals surface area contributed by atoms with Crippen molar-refractivity contribution in [3.8, 4) is 5.75 Å². The smallest absolute Gasteiger partial charge is 0.412 e. The molecule has 4 aromatic carbocycles. The number of carboxylic acids is 1. The van der Waals surface area contributed by atoms with E-state index in [9.17, 15) is 14.7 Å². The van der Waals surface area contributed by atoms with Gasteiger partial charge in [-0.1, -0.05) is 72.8 Å². The molecule has 34 heavy (non-hydrogen) atoms. The van der Waals surface area contributed by atoms with Crippen molar-refractivity contribution in [1.29, 1.82) is 0 Å². The summed E-state index contributed by atoms with van der Waals surface area (Å²) in [5.41, 5.74) is 1.44. The Morgan fingerprint density at radius 2 is 1.59 bits per heavy atom. The molecule has 1 amide bonds. The fourth-order valence-electron chi connectivity index (χ4n) is 4.07. The first-order chi connectivity index (χ1) is 16.5. The molecular weight excluding hydrogens is 430 g/mol. The number of hydrogen-bond acceptors (Lipinski definition) is 4. The van der Waals surface area contributed by atoms with Crippen molar-refractivity contribution in [2.75, 3.05) is 5.32 Å². The number of fused-ring (bicyclic) bond motifs is 2. The molecule has 0 aromatic heterocycles. The van der Waals surface area contributed by atoms with Crippen LogP contribution < -0.4 is 5.32 Å². The number of aromatic hydroxyl groups is 1. The van der Waals surface area contributed by atoms with Crippen LogP contribution in [0.4, 0.5) is 10.5 Å². The third-order valence-corrected chi connectivity index (χ3v) is 5.65. The number of nitrogens with one attached hydrogen (secondary N) is 1. The molecule has 172 valence electrons. The monoisotopic (exact) mass is 455 g/mol. The first-order valence-corrected chi connectivity index (χ1v) is 11.1. The van der Waals surface area contributed by atoms with Gasteiger partial charge in [-0.25, -0.2) is 9.59 Å². The van der Waals surface area contributed by atoms with Crippen LogP contribution in [0.15, 0.2) is 91.0 Å². The van der Waals surface area contributed by atoms with Gasteiger partial charge in [0.15, 0.2) is 0 Å². The van der Waals surface area contributed by atoms with Gasteiger partial charge < -0.3 is 14.9 Å². The summed E-state index contributed by atoms with van der Waals surface area (Å²) in [6.07, 6.45) is 3.17. The van der Waals surface area contributed by atoms with Gasteiger partial charge in [-0.15, -0.1) is 0 Å². The van der Waals surface area contributed by atoms with Crippen LogP contribution in [0.3, 0.4) is 0 Å². The fourth-order valence-corrected chi connectivity index (χ4v) is 4.07. The second kappa shape index (κ2) is 10.5. The molecule has 0 radical (unpaired) electrons. The maximum Gasteiger partial charge on any atom is 0.412 e. The highest BCUT2D eigenvalue weighted by Gasteiger charge is 2.20. The summed E-state index contributed by atoms with van der Waals surface area (Å²) in [6.45, 7) is 0. The summed E-state index contributed by atoms with van der Waals surface area (Å²) in [7, 11) is 0. The number of unbranched alkanes of at least 4 members (excludes halogenated alkanes) is 1. The van der Waals surface area contributed by atoms with Crippen LogP contribution in [0.5, 0.6) is 5.75 Å². The zero-order valence-corrected chi connectivity index (χ0v) is 18.5. The van der Waals surface area contributed by atoms with E-state index in [0.29, 0.717) is 30.3 Å². The minimum absolute atomic E-state index is 0.155. The molecule has 0 aliphatic rings. The standard InChI is InChI=1S/C28H25NO5/c30-25-18-17-23(21-12-6-7-13-22(21)25)26(15-2-1-3-16-27(31)32)34-28(33)29-24-14-8-10-19-9-4-5-11-20(19)24/h3-14,16-18,26,30H,1-2,15H2,(H,29,33)(H,31,32)/b16-3+/t26-/m0/s1. The predicted octanol–water partition coefficient (Wildman–Crippen LogP) is 6.80. The van der Waals surface area contributed by atoms with Gasteiger partial charge in [0.05, 0.1) is 5.69 Å². The number of carboxylic acid groups (broad SMARTS) is 1. The number of phenols is 1. The molecule has 1 atom stereocenters. The third-order valence-electron chi connectivity index (χ3n) is 5.65. The van der Waals surface area contributed by atoms with E-state index >= 15 is 0 Å². The van der Waals surface area contributed by atoms with Crippen LogP contribution in [-0.4, -0.2) is 22.3 Å². The molecule has 4 rings (SSSR count). The van der Waals surface area contributed by atoms with Crippen LogP contribution in [-0.2, 0) is 9.53 Å². The molecule has 0 unspecified atom stereocenters. The van der Waals surface area contributed by atoms with E-state index in [1.54, 1.807) is 18.2 Å². The number of ether oxygens (including phenoxy) is 1. The van der Waals surface area contributed by atoms with Crippen molar-refractivity contribution in [2.45, 2.75) is 25.4 Å². The molecule has 0 bridgehead atoms. The molecule has 0 aliphatic heterocycles. The Morgan fingerprint density at radius 3 is 2.38 bits per heavy atom. The number of allylic oxidation sites excluding steroid dienone is 1. The topological polar surface area (TPSA) is 95.9 Å². The Hall–Kier alpha value is -4.32. The molecular formula is C28H25NO5. The molecule has 0 spiro atoms. The Morgan fingerprint density at radius 1 is 0.882 bits per heavy atom. The molecule has 0 saturated heterocycles. The molecule has 0 aliphatic carbocycles. The van der Waals surface area contributed by atoms with E-state index in [1.165, 1.54) is 0 Å². The average molecular weight is 456 g/mol. The van der Waals surface area contributed by atoms with Crippen LogP contribution in [0.25, 0.3) is 21.5 Å². The van der Waals surface area contributed by atoms with Crippen molar-refractivity contribution in [3.63, 3.8) is 0 Å². The second-order valence-electron chi connectivity index (χ2n) is 7.94. The molecule has 3 N–H and O–H groups in total. The number of hydrogen-bond donors (Lipinski definition) is 3. The minimum Gasteiger partial charge on any atom is -0.507 e. The Bertz CT molecular complexity index is 1360. The van der Waals surface area contributed by atoms with Gasteiger partial charge in [0.25, 0.3) is 0 Å². The zero-order chi connectivity index (χ0) is 23.9. The number of aliphatic carboxylic acids is 1. The summed E-state index contributed by atoms with van der Waals surface area (Å²) in [6, 6.07) is 24.2. The third kappa shape index (κ3) is 5.35. The van der Waals surface area contributed by atoms with Crippen LogP contribution in [0.2, 0.25) is 0 Å². The highest BCUT2D eigenvalue weighted by molar-refractivity contribution is 6.00. The normalized spacial score (nSPS) is 12.1. The molecule has 0 heterocycles. The van der Waals surface area contributed by atoms with Gasteiger partial charge >= 0.3 is 12.1 Å². The molecule has 6 nitrogen and oxygen atoms in total. The highest BCUT2D eigenvalue weighted by Crippen LogP contribution is 2.35. The van der Waals surface area contributed by atoms with Crippen molar-refractivity contribution >= 4 is 39.3 Å². The van der Waals surface area contributed by atoms with Crippen molar-refractivity contribution < 1.29 is 24.5 Å². The van der Waals surface area contributed by atoms with Crippen LogP contribution >= 0.6 is 0 Å². The summed E-state index contributed by atoms with van der Waals surface area (Å²) in [5.74, 6) is -0.838. The zero-order valence-electron chi connectivity index (χ0n) is 18.5. The van der Waals surface area contributed by atoms with Gasteiger partial charge in [-0.05, 0) is 42.2 Å².